The average molecular weight is 262 g/mol. The Kier molecular flexibility index (Phi) is 4.29. The Labute approximate surface area is 112 Å². The summed E-state index contributed by atoms with van der Waals surface area (Å²) in [7, 11) is 3.95. The third kappa shape index (κ3) is 3.62. The maximum absolute atomic E-state index is 13.4. The summed E-state index contributed by atoms with van der Waals surface area (Å²) in [6.45, 7) is 1.74. The van der Waals surface area contributed by atoms with Crippen LogP contribution in [-0.4, -0.2) is 21.5 Å². The third-order valence-corrected chi connectivity index (χ3v) is 3.04. The molecule has 0 saturated heterocycles. The van der Waals surface area contributed by atoms with Crippen molar-refractivity contribution in [2.45, 2.75) is 19.6 Å². The van der Waals surface area contributed by atoms with E-state index in [-0.39, 0.29) is 5.82 Å². The summed E-state index contributed by atoms with van der Waals surface area (Å²) < 4.78 is 15.4. The van der Waals surface area contributed by atoms with Crippen LogP contribution in [0.2, 0.25) is 0 Å². The predicted molar refractivity (Wildman–Crippen MR) is 72.7 cm³/mol. The van der Waals surface area contributed by atoms with Crippen LogP contribution < -0.4 is 5.73 Å². The molecule has 2 rings (SSSR count). The second kappa shape index (κ2) is 5.95. The van der Waals surface area contributed by atoms with E-state index >= 15 is 0 Å². The van der Waals surface area contributed by atoms with Crippen molar-refractivity contribution in [1.82, 2.24) is 14.5 Å². The summed E-state index contributed by atoms with van der Waals surface area (Å²) in [5.74, 6) is 0.751. The van der Waals surface area contributed by atoms with Crippen LogP contribution in [-0.2, 0) is 26.7 Å². The van der Waals surface area contributed by atoms with Crippen molar-refractivity contribution in [3.05, 3.63) is 53.4 Å². The number of benzene rings is 1. The average Bonchev–Trinajstić information content (AvgIpc) is 2.74. The number of imidazole rings is 1. The van der Waals surface area contributed by atoms with Crippen molar-refractivity contribution in [3.63, 3.8) is 0 Å². The molecule has 1 heterocycles. The van der Waals surface area contributed by atoms with Gasteiger partial charge in [-0.2, -0.15) is 0 Å². The third-order valence-electron chi connectivity index (χ3n) is 3.04. The molecule has 0 bridgehead atoms. The summed E-state index contributed by atoms with van der Waals surface area (Å²) in [4.78, 5) is 6.37. The van der Waals surface area contributed by atoms with Gasteiger partial charge in [0.1, 0.15) is 11.6 Å². The van der Waals surface area contributed by atoms with Crippen LogP contribution >= 0.6 is 0 Å². The van der Waals surface area contributed by atoms with E-state index in [1.807, 2.05) is 30.9 Å². The minimum absolute atomic E-state index is 0.233. The number of aromatic nitrogens is 2. The molecule has 0 amide bonds. The van der Waals surface area contributed by atoms with Crippen molar-refractivity contribution in [1.29, 1.82) is 0 Å². The molecule has 0 unspecified atom stereocenters. The van der Waals surface area contributed by atoms with Gasteiger partial charge in [-0.3, -0.25) is 4.90 Å². The maximum atomic E-state index is 13.4. The van der Waals surface area contributed by atoms with Gasteiger partial charge >= 0.3 is 0 Å². The highest BCUT2D eigenvalue weighted by atomic mass is 19.1. The number of halogens is 1. The number of aryl methyl sites for hydroxylation is 1. The lowest BCUT2D eigenvalue weighted by molar-refractivity contribution is 0.306. The quantitative estimate of drug-likeness (QED) is 0.891. The first-order valence-corrected chi connectivity index (χ1v) is 6.21. The molecule has 0 radical (unpaired) electrons. The second-order valence-electron chi connectivity index (χ2n) is 4.80. The Bertz CT molecular complexity index is 550. The van der Waals surface area contributed by atoms with Crippen molar-refractivity contribution in [2.24, 2.45) is 12.8 Å². The fourth-order valence-corrected chi connectivity index (χ4v) is 2.08. The standard InChI is InChI=1S/C14H19FN4/c1-18(10-14-17-3-4-19(14)2)9-12-5-11(8-16)6-13(15)7-12/h3-7H,8-10,16H2,1-2H3. The SMILES string of the molecule is CN(Cc1cc(F)cc(CN)c1)Cc1nccn1C. The van der Waals surface area contributed by atoms with Crippen LogP contribution in [0.15, 0.2) is 30.6 Å². The first-order chi connectivity index (χ1) is 9.08. The highest BCUT2D eigenvalue weighted by Gasteiger charge is 2.07. The first kappa shape index (κ1) is 13.7. The molecular weight excluding hydrogens is 243 g/mol. The summed E-state index contributed by atoms with van der Waals surface area (Å²) in [5.41, 5.74) is 7.30. The molecular formula is C14H19FN4. The molecule has 0 spiro atoms. The topological polar surface area (TPSA) is 47.1 Å². The summed E-state index contributed by atoms with van der Waals surface area (Å²) in [6.07, 6.45) is 3.69. The van der Waals surface area contributed by atoms with Gasteiger partial charge in [-0.15, -0.1) is 0 Å². The summed E-state index contributed by atoms with van der Waals surface area (Å²) >= 11 is 0. The zero-order chi connectivity index (χ0) is 13.8. The lowest BCUT2D eigenvalue weighted by Crippen LogP contribution is -2.19. The molecule has 0 atom stereocenters. The van der Waals surface area contributed by atoms with Crippen LogP contribution in [0.25, 0.3) is 0 Å². The number of hydrogen-bond donors (Lipinski definition) is 1. The van der Waals surface area contributed by atoms with Crippen molar-refractivity contribution in [3.8, 4) is 0 Å². The van der Waals surface area contributed by atoms with E-state index in [2.05, 4.69) is 9.88 Å². The zero-order valence-corrected chi connectivity index (χ0v) is 11.3. The van der Waals surface area contributed by atoms with Gasteiger partial charge < -0.3 is 10.3 Å². The van der Waals surface area contributed by atoms with E-state index < -0.39 is 0 Å². The molecule has 1 aromatic heterocycles. The fourth-order valence-electron chi connectivity index (χ4n) is 2.08. The van der Waals surface area contributed by atoms with Crippen molar-refractivity contribution >= 4 is 0 Å². The molecule has 0 aliphatic carbocycles. The van der Waals surface area contributed by atoms with E-state index in [4.69, 9.17) is 5.73 Å². The maximum Gasteiger partial charge on any atom is 0.123 e. The van der Waals surface area contributed by atoms with Gasteiger partial charge in [0.2, 0.25) is 0 Å². The Morgan fingerprint density at radius 1 is 1.26 bits per heavy atom. The lowest BCUT2D eigenvalue weighted by Gasteiger charge is -2.17. The van der Waals surface area contributed by atoms with Gasteiger partial charge in [0.15, 0.2) is 0 Å². The molecule has 0 fully saturated rings. The molecule has 2 aromatic rings. The van der Waals surface area contributed by atoms with Gasteiger partial charge in [-0.1, -0.05) is 6.07 Å². The number of hydrogen-bond acceptors (Lipinski definition) is 3. The predicted octanol–water partition coefficient (Wildman–Crippen LogP) is 1.65. The minimum atomic E-state index is -0.233. The Balaban J connectivity index is 2.04. The van der Waals surface area contributed by atoms with Crippen LogP contribution in [0.3, 0.4) is 0 Å². The Morgan fingerprint density at radius 3 is 2.63 bits per heavy atom. The fraction of sp³-hybridized carbons (Fsp3) is 0.357. The molecule has 0 aliphatic rings. The Morgan fingerprint density at radius 2 is 2.00 bits per heavy atom. The van der Waals surface area contributed by atoms with E-state index in [1.165, 1.54) is 6.07 Å². The molecule has 19 heavy (non-hydrogen) atoms. The molecule has 102 valence electrons. The van der Waals surface area contributed by atoms with Crippen molar-refractivity contribution in [2.75, 3.05) is 7.05 Å². The number of rotatable bonds is 5. The van der Waals surface area contributed by atoms with E-state index in [0.717, 1.165) is 23.5 Å². The zero-order valence-electron chi connectivity index (χ0n) is 11.3. The Hall–Kier alpha value is -1.72. The molecule has 4 nitrogen and oxygen atoms in total. The molecule has 0 saturated carbocycles. The van der Waals surface area contributed by atoms with Gasteiger partial charge in [-0.25, -0.2) is 9.37 Å². The van der Waals surface area contributed by atoms with Crippen LogP contribution in [0.4, 0.5) is 4.39 Å². The molecule has 1 aromatic carbocycles. The summed E-state index contributed by atoms with van der Waals surface area (Å²) in [6, 6.07) is 4.97. The second-order valence-corrected chi connectivity index (χ2v) is 4.80. The van der Waals surface area contributed by atoms with Gasteiger partial charge in [-0.05, 0) is 30.3 Å². The van der Waals surface area contributed by atoms with Gasteiger partial charge in [0, 0.05) is 32.5 Å². The summed E-state index contributed by atoms with van der Waals surface area (Å²) in [5, 5.41) is 0. The van der Waals surface area contributed by atoms with Crippen LogP contribution in [0.5, 0.6) is 0 Å². The minimum Gasteiger partial charge on any atom is -0.337 e. The molecule has 2 N–H and O–H groups in total. The first-order valence-electron chi connectivity index (χ1n) is 6.21. The molecule has 5 heteroatoms. The van der Waals surface area contributed by atoms with E-state index in [9.17, 15) is 4.39 Å². The highest BCUT2D eigenvalue weighted by molar-refractivity contribution is 5.24. The van der Waals surface area contributed by atoms with E-state index in [0.29, 0.717) is 13.1 Å². The lowest BCUT2D eigenvalue weighted by atomic mass is 10.1. The van der Waals surface area contributed by atoms with Crippen LogP contribution in [0, 0.1) is 5.82 Å². The smallest absolute Gasteiger partial charge is 0.123 e. The highest BCUT2D eigenvalue weighted by Crippen LogP contribution is 2.12. The van der Waals surface area contributed by atoms with Gasteiger partial charge in [0.25, 0.3) is 0 Å². The number of nitrogens with zero attached hydrogens (tertiary/aromatic N) is 3. The number of nitrogens with two attached hydrogens (primary N) is 1. The van der Waals surface area contributed by atoms with Gasteiger partial charge in [0.05, 0.1) is 6.54 Å². The molecule has 0 aliphatic heterocycles. The largest absolute Gasteiger partial charge is 0.337 e. The van der Waals surface area contributed by atoms with Crippen molar-refractivity contribution < 1.29 is 4.39 Å². The monoisotopic (exact) mass is 262 g/mol. The normalized spacial score (nSPS) is 11.2. The van der Waals surface area contributed by atoms with Crippen LogP contribution in [0.1, 0.15) is 17.0 Å². The van der Waals surface area contributed by atoms with E-state index in [1.54, 1.807) is 12.3 Å².